The van der Waals surface area contributed by atoms with E-state index >= 15 is 0 Å². The number of hydrogen-bond acceptors (Lipinski definition) is 6. The molecule has 7 nitrogen and oxygen atoms in total. The van der Waals surface area contributed by atoms with Crippen molar-refractivity contribution in [3.05, 3.63) is 56.8 Å². The molecule has 0 aliphatic heterocycles. The standard InChI is InChI=1S/C21H23N3O4S/c1-4-11-24-20(26)15-10-8-7-9-14(15)17(23-24)18(25)22-19-16(21(27)28-6-3)12-13(5-2)29-19/h7-10,12H,4-6,11H2,1-3H3,(H,22,25). The Morgan fingerprint density at radius 3 is 2.55 bits per heavy atom. The fraction of sp³-hybridized carbons (Fsp3) is 0.333. The summed E-state index contributed by atoms with van der Waals surface area (Å²) in [6.45, 7) is 6.31. The van der Waals surface area contributed by atoms with Crippen LogP contribution in [0.1, 0.15) is 52.9 Å². The topological polar surface area (TPSA) is 90.3 Å². The lowest BCUT2D eigenvalue weighted by Gasteiger charge is -2.11. The van der Waals surface area contributed by atoms with Gasteiger partial charge in [-0.1, -0.05) is 32.0 Å². The van der Waals surface area contributed by atoms with Gasteiger partial charge < -0.3 is 10.1 Å². The molecule has 0 atom stereocenters. The van der Waals surface area contributed by atoms with E-state index in [2.05, 4.69) is 10.4 Å². The number of ether oxygens (including phenoxy) is 1. The van der Waals surface area contributed by atoms with Gasteiger partial charge in [-0.25, -0.2) is 9.48 Å². The van der Waals surface area contributed by atoms with Crippen LogP contribution in [-0.2, 0) is 17.7 Å². The molecule has 0 saturated heterocycles. The van der Waals surface area contributed by atoms with Crippen LogP contribution < -0.4 is 10.9 Å². The summed E-state index contributed by atoms with van der Waals surface area (Å²) in [4.78, 5) is 38.9. The monoisotopic (exact) mass is 413 g/mol. The number of fused-ring (bicyclic) bond motifs is 1. The van der Waals surface area contributed by atoms with Gasteiger partial charge in [0.15, 0.2) is 5.69 Å². The Morgan fingerprint density at radius 1 is 1.17 bits per heavy atom. The molecule has 2 heterocycles. The molecule has 0 radical (unpaired) electrons. The Balaban J connectivity index is 2.05. The molecule has 0 bridgehead atoms. The Morgan fingerprint density at radius 2 is 1.90 bits per heavy atom. The molecule has 0 aliphatic carbocycles. The van der Waals surface area contributed by atoms with Gasteiger partial charge in [-0.05, 0) is 31.9 Å². The quantitative estimate of drug-likeness (QED) is 0.594. The number of benzene rings is 1. The number of nitrogens with one attached hydrogen (secondary N) is 1. The summed E-state index contributed by atoms with van der Waals surface area (Å²) in [5.41, 5.74) is 0.249. The van der Waals surface area contributed by atoms with Gasteiger partial charge in [0.05, 0.1) is 17.6 Å². The van der Waals surface area contributed by atoms with Crippen LogP contribution in [0.4, 0.5) is 5.00 Å². The van der Waals surface area contributed by atoms with Crippen molar-refractivity contribution in [1.29, 1.82) is 0 Å². The number of carbonyl (C=O) groups excluding carboxylic acids is 2. The van der Waals surface area contributed by atoms with Crippen molar-refractivity contribution >= 4 is 39.0 Å². The Labute approximate surface area is 172 Å². The van der Waals surface area contributed by atoms with E-state index in [0.717, 1.165) is 11.3 Å². The van der Waals surface area contributed by atoms with Crippen LogP contribution >= 0.6 is 11.3 Å². The van der Waals surface area contributed by atoms with Crippen LogP contribution in [0, 0.1) is 0 Å². The second-order valence-corrected chi connectivity index (χ2v) is 7.54. The minimum absolute atomic E-state index is 0.148. The third kappa shape index (κ3) is 4.22. The highest BCUT2D eigenvalue weighted by Gasteiger charge is 2.22. The number of nitrogens with zero attached hydrogens (tertiary/aromatic N) is 2. The lowest BCUT2D eigenvalue weighted by atomic mass is 10.1. The fourth-order valence-corrected chi connectivity index (χ4v) is 3.98. The number of amides is 1. The second kappa shape index (κ2) is 9.00. The van der Waals surface area contributed by atoms with Gasteiger partial charge in [0.1, 0.15) is 5.00 Å². The zero-order valence-corrected chi connectivity index (χ0v) is 17.5. The maximum Gasteiger partial charge on any atom is 0.341 e. The molecule has 0 aliphatic rings. The summed E-state index contributed by atoms with van der Waals surface area (Å²) in [7, 11) is 0. The van der Waals surface area contributed by atoms with Gasteiger partial charge in [0.25, 0.3) is 11.5 Å². The highest BCUT2D eigenvalue weighted by atomic mass is 32.1. The first-order chi connectivity index (χ1) is 14.0. The van der Waals surface area contributed by atoms with Crippen LogP contribution in [0.2, 0.25) is 0 Å². The van der Waals surface area contributed by atoms with Crippen LogP contribution in [0.5, 0.6) is 0 Å². The molecular formula is C21H23N3O4S. The molecule has 1 aromatic carbocycles. The predicted octanol–water partition coefficient (Wildman–Crippen LogP) is 3.86. The Kier molecular flexibility index (Phi) is 6.43. The van der Waals surface area contributed by atoms with Gasteiger partial charge in [-0.2, -0.15) is 5.10 Å². The molecule has 1 N–H and O–H groups in total. The van der Waals surface area contributed by atoms with E-state index in [1.165, 1.54) is 16.0 Å². The van der Waals surface area contributed by atoms with Crippen molar-refractivity contribution in [2.24, 2.45) is 0 Å². The average molecular weight is 413 g/mol. The van der Waals surface area contributed by atoms with E-state index < -0.39 is 11.9 Å². The van der Waals surface area contributed by atoms with Crippen molar-refractivity contribution in [1.82, 2.24) is 9.78 Å². The van der Waals surface area contributed by atoms with Gasteiger partial charge in [-0.3, -0.25) is 9.59 Å². The largest absolute Gasteiger partial charge is 0.462 e. The normalized spacial score (nSPS) is 10.9. The summed E-state index contributed by atoms with van der Waals surface area (Å²) in [5.74, 6) is -0.950. The molecule has 0 spiro atoms. The molecule has 8 heteroatoms. The molecule has 0 fully saturated rings. The molecule has 1 amide bonds. The Bertz CT molecular complexity index is 1120. The predicted molar refractivity (Wildman–Crippen MR) is 114 cm³/mol. The average Bonchev–Trinajstić information content (AvgIpc) is 3.13. The van der Waals surface area contributed by atoms with Gasteiger partial charge in [0, 0.05) is 16.8 Å². The van der Waals surface area contributed by atoms with E-state index in [0.29, 0.717) is 34.3 Å². The fourth-order valence-electron chi connectivity index (χ4n) is 3.00. The lowest BCUT2D eigenvalue weighted by Crippen LogP contribution is -2.27. The van der Waals surface area contributed by atoms with E-state index in [1.807, 2.05) is 13.8 Å². The van der Waals surface area contributed by atoms with Crippen LogP contribution in [-0.4, -0.2) is 28.3 Å². The van der Waals surface area contributed by atoms with E-state index in [1.54, 1.807) is 37.3 Å². The minimum atomic E-state index is -0.479. The summed E-state index contributed by atoms with van der Waals surface area (Å²) >= 11 is 1.33. The van der Waals surface area contributed by atoms with Gasteiger partial charge in [0.2, 0.25) is 0 Å². The number of hydrogen-bond donors (Lipinski definition) is 1. The number of anilines is 1. The first-order valence-electron chi connectivity index (χ1n) is 9.61. The Hall–Kier alpha value is -3.00. The molecule has 152 valence electrons. The first-order valence-corrected chi connectivity index (χ1v) is 10.4. The molecule has 0 saturated carbocycles. The van der Waals surface area contributed by atoms with E-state index in [9.17, 15) is 14.4 Å². The zero-order chi connectivity index (χ0) is 21.0. The summed E-state index contributed by atoms with van der Waals surface area (Å²) in [6, 6.07) is 8.64. The number of carbonyl (C=O) groups is 2. The smallest absolute Gasteiger partial charge is 0.341 e. The lowest BCUT2D eigenvalue weighted by molar-refractivity contribution is 0.0528. The zero-order valence-electron chi connectivity index (χ0n) is 16.7. The molecule has 29 heavy (non-hydrogen) atoms. The number of aryl methyl sites for hydroxylation is 2. The summed E-state index contributed by atoms with van der Waals surface area (Å²) in [6.07, 6.45) is 1.44. The van der Waals surface area contributed by atoms with Crippen LogP contribution in [0.3, 0.4) is 0 Å². The number of aromatic nitrogens is 2. The highest BCUT2D eigenvalue weighted by Crippen LogP contribution is 2.30. The molecule has 3 rings (SSSR count). The summed E-state index contributed by atoms with van der Waals surface area (Å²) < 4.78 is 6.42. The molecule has 3 aromatic rings. The number of esters is 1. The van der Waals surface area contributed by atoms with Crippen LogP contribution in [0.25, 0.3) is 10.8 Å². The van der Waals surface area contributed by atoms with Crippen molar-refractivity contribution in [2.45, 2.75) is 40.2 Å². The molecular weight excluding hydrogens is 390 g/mol. The van der Waals surface area contributed by atoms with Crippen molar-refractivity contribution in [3.63, 3.8) is 0 Å². The SMILES string of the molecule is CCCn1nc(C(=O)Nc2sc(CC)cc2C(=O)OCC)c2ccccc2c1=O. The second-order valence-electron chi connectivity index (χ2n) is 6.41. The van der Waals surface area contributed by atoms with Crippen LogP contribution in [0.15, 0.2) is 35.1 Å². The minimum Gasteiger partial charge on any atom is -0.462 e. The maximum atomic E-state index is 13.1. The maximum absolute atomic E-state index is 13.1. The third-order valence-electron chi connectivity index (χ3n) is 4.37. The summed E-state index contributed by atoms with van der Waals surface area (Å²) in [5, 5.41) is 8.44. The van der Waals surface area contributed by atoms with Crippen molar-refractivity contribution < 1.29 is 14.3 Å². The molecule has 2 aromatic heterocycles. The van der Waals surface area contributed by atoms with Gasteiger partial charge in [-0.15, -0.1) is 11.3 Å². The first kappa shape index (κ1) is 20.7. The van der Waals surface area contributed by atoms with Crippen molar-refractivity contribution in [2.75, 3.05) is 11.9 Å². The molecule has 0 unspecified atom stereocenters. The third-order valence-corrected chi connectivity index (χ3v) is 5.57. The van der Waals surface area contributed by atoms with E-state index in [-0.39, 0.29) is 17.9 Å². The highest BCUT2D eigenvalue weighted by molar-refractivity contribution is 7.16. The number of rotatable bonds is 7. The van der Waals surface area contributed by atoms with Gasteiger partial charge >= 0.3 is 5.97 Å². The van der Waals surface area contributed by atoms with E-state index in [4.69, 9.17) is 4.74 Å². The number of thiophene rings is 1. The van der Waals surface area contributed by atoms with Crippen molar-refractivity contribution in [3.8, 4) is 0 Å².